The number of hydrogen-bond donors (Lipinski definition) is 3. The van der Waals surface area contributed by atoms with Gasteiger partial charge in [0.05, 0.1) is 12.7 Å². The molecule has 0 saturated carbocycles. The maximum Gasteiger partial charge on any atom is 0.339 e. The maximum atomic E-state index is 12.4. The third-order valence-corrected chi connectivity index (χ3v) is 3.69. The van der Waals surface area contributed by atoms with Crippen molar-refractivity contribution in [2.75, 3.05) is 7.11 Å². The van der Waals surface area contributed by atoms with E-state index < -0.39 is 5.97 Å². The van der Waals surface area contributed by atoms with Crippen LogP contribution in [0.4, 0.5) is 0 Å². The minimum Gasteiger partial charge on any atom is -0.508 e. The smallest absolute Gasteiger partial charge is 0.339 e. The number of carbonyl (C=O) groups excluding carboxylic acids is 2. The molecule has 0 spiro atoms. The molecule has 0 radical (unpaired) electrons. The first kappa shape index (κ1) is 16.6. The number of methoxy groups -OCH3 is 1. The van der Waals surface area contributed by atoms with E-state index in [0.717, 1.165) is 5.56 Å². The van der Waals surface area contributed by atoms with Gasteiger partial charge in [-0.15, -0.1) is 0 Å². The number of H-pyrrole nitrogens is 1. The van der Waals surface area contributed by atoms with Crippen LogP contribution in [0, 0.1) is 6.92 Å². The second-order valence-corrected chi connectivity index (χ2v) is 5.17. The number of aromatic hydroxyl groups is 1. The summed E-state index contributed by atoms with van der Waals surface area (Å²) < 4.78 is 4.78. The number of amides is 1. The number of aromatic nitrogens is 1. The first-order valence-corrected chi connectivity index (χ1v) is 7.33. The molecule has 2 aromatic rings. The van der Waals surface area contributed by atoms with Gasteiger partial charge in [0.25, 0.3) is 5.91 Å². The van der Waals surface area contributed by atoms with E-state index in [1.54, 1.807) is 31.2 Å². The second kappa shape index (κ2) is 7.00. The molecule has 0 aliphatic rings. The fourth-order valence-electron chi connectivity index (χ4n) is 2.41. The second-order valence-electron chi connectivity index (χ2n) is 5.17. The van der Waals surface area contributed by atoms with Gasteiger partial charge in [-0.1, -0.05) is 19.1 Å². The number of benzene rings is 1. The highest BCUT2D eigenvalue weighted by atomic mass is 16.5. The van der Waals surface area contributed by atoms with Crippen LogP contribution in [-0.2, 0) is 17.7 Å². The van der Waals surface area contributed by atoms with Crippen LogP contribution in [0.1, 0.15) is 44.6 Å². The Morgan fingerprint density at radius 2 is 1.91 bits per heavy atom. The van der Waals surface area contributed by atoms with Crippen LogP contribution in [0.5, 0.6) is 5.75 Å². The fourth-order valence-corrected chi connectivity index (χ4v) is 2.41. The van der Waals surface area contributed by atoms with Crippen LogP contribution in [0.25, 0.3) is 0 Å². The van der Waals surface area contributed by atoms with Crippen LogP contribution in [0.2, 0.25) is 0 Å². The number of nitrogens with one attached hydrogen (secondary N) is 2. The van der Waals surface area contributed by atoms with Crippen molar-refractivity contribution >= 4 is 11.9 Å². The third kappa shape index (κ3) is 3.53. The van der Waals surface area contributed by atoms with Crippen molar-refractivity contribution in [2.45, 2.75) is 26.8 Å². The van der Waals surface area contributed by atoms with E-state index in [1.807, 2.05) is 6.92 Å². The van der Waals surface area contributed by atoms with Crippen molar-refractivity contribution in [1.82, 2.24) is 10.3 Å². The lowest BCUT2D eigenvalue weighted by molar-refractivity contribution is 0.0599. The summed E-state index contributed by atoms with van der Waals surface area (Å²) in [7, 11) is 1.32. The number of phenolic OH excluding ortho intramolecular Hbond substituents is 1. The number of rotatable bonds is 5. The Hall–Kier alpha value is -2.76. The zero-order valence-electron chi connectivity index (χ0n) is 13.4. The topological polar surface area (TPSA) is 91.4 Å². The SMILES string of the molecule is CCc1[nH]c(C(=O)NCc2ccc(O)cc2)c(C)c1C(=O)OC. The molecule has 0 atom stereocenters. The molecule has 6 heteroatoms. The summed E-state index contributed by atoms with van der Waals surface area (Å²) >= 11 is 0. The summed E-state index contributed by atoms with van der Waals surface area (Å²) in [6, 6.07) is 6.58. The van der Waals surface area contributed by atoms with Gasteiger partial charge < -0.3 is 20.1 Å². The zero-order valence-corrected chi connectivity index (χ0v) is 13.4. The van der Waals surface area contributed by atoms with Crippen LogP contribution in [0.3, 0.4) is 0 Å². The van der Waals surface area contributed by atoms with Gasteiger partial charge in [0, 0.05) is 12.2 Å². The van der Waals surface area contributed by atoms with Crippen molar-refractivity contribution < 1.29 is 19.4 Å². The molecule has 0 aliphatic heterocycles. The van der Waals surface area contributed by atoms with Gasteiger partial charge in [-0.2, -0.15) is 0 Å². The van der Waals surface area contributed by atoms with Gasteiger partial charge >= 0.3 is 5.97 Å². The Labute approximate surface area is 134 Å². The van der Waals surface area contributed by atoms with E-state index in [9.17, 15) is 14.7 Å². The molecule has 6 nitrogen and oxygen atoms in total. The van der Waals surface area contributed by atoms with Crippen molar-refractivity contribution in [3.63, 3.8) is 0 Å². The molecular weight excluding hydrogens is 296 g/mol. The Kier molecular flexibility index (Phi) is 5.05. The van der Waals surface area contributed by atoms with Gasteiger partial charge in [-0.25, -0.2) is 4.79 Å². The molecule has 0 fully saturated rings. The van der Waals surface area contributed by atoms with Crippen molar-refractivity contribution in [3.05, 3.63) is 52.3 Å². The minimum absolute atomic E-state index is 0.176. The van der Waals surface area contributed by atoms with Crippen molar-refractivity contribution in [2.24, 2.45) is 0 Å². The molecular formula is C17H20N2O4. The molecule has 0 aliphatic carbocycles. The Bertz CT molecular complexity index is 717. The molecule has 1 heterocycles. The van der Waals surface area contributed by atoms with Crippen LogP contribution in [-0.4, -0.2) is 29.1 Å². The molecule has 1 aromatic carbocycles. The van der Waals surface area contributed by atoms with E-state index in [4.69, 9.17) is 4.74 Å². The quantitative estimate of drug-likeness (QED) is 0.738. The molecule has 1 aromatic heterocycles. The van der Waals surface area contributed by atoms with Gasteiger partial charge in [0.2, 0.25) is 0 Å². The lowest BCUT2D eigenvalue weighted by Gasteiger charge is -2.05. The number of hydrogen-bond acceptors (Lipinski definition) is 4. The summed E-state index contributed by atoms with van der Waals surface area (Å²) in [5.41, 5.74) is 2.91. The summed E-state index contributed by atoms with van der Waals surface area (Å²) in [6.07, 6.45) is 0.594. The highest BCUT2D eigenvalue weighted by molar-refractivity contribution is 6.00. The first-order valence-electron chi connectivity index (χ1n) is 7.33. The number of aryl methyl sites for hydroxylation is 1. The van der Waals surface area contributed by atoms with Crippen molar-refractivity contribution in [1.29, 1.82) is 0 Å². The molecule has 2 rings (SSSR count). The van der Waals surface area contributed by atoms with Crippen molar-refractivity contribution in [3.8, 4) is 5.75 Å². The van der Waals surface area contributed by atoms with Gasteiger partial charge in [-0.3, -0.25) is 4.79 Å². The molecule has 0 unspecified atom stereocenters. The maximum absolute atomic E-state index is 12.4. The Morgan fingerprint density at radius 3 is 2.48 bits per heavy atom. The normalized spacial score (nSPS) is 10.4. The van der Waals surface area contributed by atoms with Crippen LogP contribution < -0.4 is 5.32 Å². The minimum atomic E-state index is -0.451. The molecule has 3 N–H and O–H groups in total. The number of ether oxygens (including phenoxy) is 1. The number of esters is 1. The monoisotopic (exact) mass is 316 g/mol. The fraction of sp³-hybridized carbons (Fsp3) is 0.294. The highest BCUT2D eigenvalue weighted by Crippen LogP contribution is 2.20. The van der Waals surface area contributed by atoms with Gasteiger partial charge in [0.15, 0.2) is 0 Å². The van der Waals surface area contributed by atoms with Crippen LogP contribution in [0.15, 0.2) is 24.3 Å². The van der Waals surface area contributed by atoms with Gasteiger partial charge in [0.1, 0.15) is 11.4 Å². The number of phenols is 1. The van der Waals surface area contributed by atoms with E-state index in [2.05, 4.69) is 10.3 Å². The summed E-state index contributed by atoms with van der Waals surface area (Å²) in [4.78, 5) is 27.2. The van der Waals surface area contributed by atoms with Gasteiger partial charge in [-0.05, 0) is 36.6 Å². The predicted octanol–water partition coefficient (Wildman–Crippen LogP) is 2.31. The Morgan fingerprint density at radius 1 is 1.26 bits per heavy atom. The average Bonchev–Trinajstić information content (AvgIpc) is 2.90. The summed E-state index contributed by atoms with van der Waals surface area (Å²) in [5, 5.41) is 12.0. The lowest BCUT2D eigenvalue weighted by atomic mass is 10.1. The molecule has 23 heavy (non-hydrogen) atoms. The summed E-state index contributed by atoms with van der Waals surface area (Å²) in [6.45, 7) is 3.94. The van der Waals surface area contributed by atoms with Crippen LogP contribution >= 0.6 is 0 Å². The van der Waals surface area contributed by atoms with E-state index in [0.29, 0.717) is 35.5 Å². The largest absolute Gasteiger partial charge is 0.508 e. The zero-order chi connectivity index (χ0) is 17.0. The van der Waals surface area contributed by atoms with E-state index in [-0.39, 0.29) is 11.7 Å². The lowest BCUT2D eigenvalue weighted by Crippen LogP contribution is -2.24. The third-order valence-electron chi connectivity index (χ3n) is 3.69. The summed E-state index contributed by atoms with van der Waals surface area (Å²) in [5.74, 6) is -0.566. The molecule has 0 saturated heterocycles. The molecule has 1 amide bonds. The Balaban J connectivity index is 2.17. The first-order chi connectivity index (χ1) is 11.0. The highest BCUT2D eigenvalue weighted by Gasteiger charge is 2.23. The predicted molar refractivity (Wildman–Crippen MR) is 85.5 cm³/mol. The van der Waals surface area contributed by atoms with E-state index >= 15 is 0 Å². The molecule has 0 bridgehead atoms. The molecule has 122 valence electrons. The standard InChI is InChI=1S/C17H20N2O4/c1-4-13-14(17(22)23-3)10(2)15(19-13)16(21)18-9-11-5-7-12(20)8-6-11/h5-8,19-20H,4,9H2,1-3H3,(H,18,21). The number of aromatic amines is 1. The number of carbonyl (C=O) groups is 2. The average molecular weight is 316 g/mol. The van der Waals surface area contributed by atoms with E-state index in [1.165, 1.54) is 7.11 Å².